The monoisotopic (exact) mass is 279 g/mol. The zero-order chi connectivity index (χ0) is 12.8. The molecule has 19 heavy (non-hydrogen) atoms. The Labute approximate surface area is 115 Å². The van der Waals surface area contributed by atoms with Crippen LogP contribution in [0.15, 0.2) is 0 Å². The van der Waals surface area contributed by atoms with Gasteiger partial charge in [-0.25, -0.2) is 0 Å². The largest absolute Gasteiger partial charge is 0.377 e. The molecule has 102 valence electrons. The van der Waals surface area contributed by atoms with Gasteiger partial charge < -0.3 is 10.1 Å². The number of hydrogen-bond donors (Lipinski definition) is 1. The smallest absolute Gasteiger partial charge is 0.234 e. The zero-order valence-corrected chi connectivity index (χ0v) is 11.7. The second-order valence-electron chi connectivity index (χ2n) is 5.42. The molecule has 6 nitrogen and oxygen atoms in total. The molecule has 1 aliphatic heterocycles. The molecule has 2 aliphatic rings. The second kappa shape index (κ2) is 4.50. The van der Waals surface area contributed by atoms with E-state index in [4.69, 9.17) is 9.84 Å². The van der Waals surface area contributed by atoms with Gasteiger partial charge in [-0.15, -0.1) is 10.2 Å². The molecule has 2 fully saturated rings. The highest BCUT2D eigenvalue weighted by Gasteiger charge is 2.41. The Kier molecular flexibility index (Phi) is 2.78. The first kappa shape index (κ1) is 11.7. The van der Waals surface area contributed by atoms with Crippen LogP contribution in [-0.4, -0.2) is 33.5 Å². The molecule has 2 aromatic heterocycles. The van der Waals surface area contributed by atoms with Crippen LogP contribution < -0.4 is 5.32 Å². The van der Waals surface area contributed by atoms with Crippen molar-refractivity contribution < 1.29 is 4.74 Å². The molecule has 1 N–H and O–H groups in total. The van der Waals surface area contributed by atoms with E-state index >= 15 is 0 Å². The molecule has 1 saturated heterocycles. The van der Waals surface area contributed by atoms with E-state index < -0.39 is 0 Å². The molecule has 0 aromatic carbocycles. The molecule has 7 heteroatoms. The van der Waals surface area contributed by atoms with Gasteiger partial charge in [0.1, 0.15) is 11.6 Å². The Morgan fingerprint density at radius 1 is 1.42 bits per heavy atom. The van der Waals surface area contributed by atoms with Crippen molar-refractivity contribution in [1.29, 1.82) is 0 Å². The number of methoxy groups -OCH3 is 1. The fourth-order valence-corrected chi connectivity index (χ4v) is 4.48. The summed E-state index contributed by atoms with van der Waals surface area (Å²) >= 11 is 1.65. The summed E-state index contributed by atoms with van der Waals surface area (Å²) in [4.78, 5) is 0.866. The van der Waals surface area contributed by atoms with Crippen molar-refractivity contribution in [3.05, 3.63) is 10.8 Å². The van der Waals surface area contributed by atoms with Crippen molar-refractivity contribution in [3.8, 4) is 0 Å². The van der Waals surface area contributed by atoms with Crippen LogP contribution in [0.3, 0.4) is 0 Å². The Hall–Kier alpha value is -1.05. The predicted octanol–water partition coefficient (Wildman–Crippen LogP) is 1.39. The maximum atomic E-state index is 5.12. The number of ether oxygens (including phenoxy) is 1. The van der Waals surface area contributed by atoms with E-state index in [-0.39, 0.29) is 0 Å². The zero-order valence-electron chi connectivity index (χ0n) is 10.9. The number of nitrogens with one attached hydrogen (secondary N) is 1. The molecule has 0 radical (unpaired) electrons. The first-order valence-corrected chi connectivity index (χ1v) is 7.62. The van der Waals surface area contributed by atoms with Gasteiger partial charge in [-0.2, -0.15) is 9.61 Å². The van der Waals surface area contributed by atoms with E-state index in [0.29, 0.717) is 12.6 Å². The van der Waals surface area contributed by atoms with Crippen molar-refractivity contribution >= 4 is 16.3 Å². The van der Waals surface area contributed by atoms with Crippen LogP contribution in [0.5, 0.6) is 0 Å². The summed E-state index contributed by atoms with van der Waals surface area (Å²) < 4.78 is 6.95. The van der Waals surface area contributed by atoms with Crippen molar-refractivity contribution in [2.24, 2.45) is 11.8 Å². The van der Waals surface area contributed by atoms with Crippen LogP contribution in [0, 0.1) is 11.8 Å². The van der Waals surface area contributed by atoms with Crippen LogP contribution in [0.25, 0.3) is 4.96 Å². The summed E-state index contributed by atoms with van der Waals surface area (Å²) in [7, 11) is 1.66. The van der Waals surface area contributed by atoms with Crippen LogP contribution >= 0.6 is 11.3 Å². The molecule has 1 saturated carbocycles. The molecule has 0 bridgehead atoms. The Balaban J connectivity index is 1.67. The van der Waals surface area contributed by atoms with Gasteiger partial charge in [0, 0.05) is 7.11 Å². The minimum absolute atomic E-state index is 0.412. The maximum Gasteiger partial charge on any atom is 0.234 e. The standard InChI is InChI=1S/C12H17N5OS/c1-18-6-9-14-15-12-17(9)16-11(19-12)10-8-4-2-3-7(8)5-13-10/h7-8,10,13H,2-6H2,1H3. The normalized spacial score (nSPS) is 30.3. The van der Waals surface area contributed by atoms with Gasteiger partial charge in [-0.3, -0.25) is 0 Å². The van der Waals surface area contributed by atoms with Gasteiger partial charge in [0.2, 0.25) is 4.96 Å². The lowest BCUT2D eigenvalue weighted by molar-refractivity contribution is 0.176. The molecule has 3 unspecified atom stereocenters. The lowest BCUT2D eigenvalue weighted by Crippen LogP contribution is -2.18. The molecule has 4 rings (SSSR count). The first-order chi connectivity index (χ1) is 9.36. The van der Waals surface area contributed by atoms with Crippen LogP contribution in [0.2, 0.25) is 0 Å². The van der Waals surface area contributed by atoms with Crippen molar-refractivity contribution in [3.63, 3.8) is 0 Å². The summed E-state index contributed by atoms with van der Waals surface area (Å²) in [5.74, 6) is 2.38. The van der Waals surface area contributed by atoms with Gasteiger partial charge in [-0.1, -0.05) is 17.8 Å². The Morgan fingerprint density at radius 2 is 2.37 bits per heavy atom. The predicted molar refractivity (Wildman–Crippen MR) is 70.9 cm³/mol. The van der Waals surface area contributed by atoms with E-state index in [2.05, 4.69) is 15.5 Å². The fourth-order valence-electron chi connectivity index (χ4n) is 3.47. The number of hydrogen-bond acceptors (Lipinski definition) is 6. The van der Waals surface area contributed by atoms with Crippen LogP contribution in [0.4, 0.5) is 0 Å². The summed E-state index contributed by atoms with van der Waals surface area (Å²) in [5.41, 5.74) is 0. The van der Waals surface area contributed by atoms with Gasteiger partial charge in [0.05, 0.1) is 6.04 Å². The molecule has 3 atom stereocenters. The number of nitrogens with zero attached hydrogens (tertiary/aromatic N) is 4. The third kappa shape index (κ3) is 1.79. The first-order valence-electron chi connectivity index (χ1n) is 6.80. The van der Waals surface area contributed by atoms with Gasteiger partial charge in [0.15, 0.2) is 5.82 Å². The van der Waals surface area contributed by atoms with Gasteiger partial charge in [0.25, 0.3) is 0 Å². The summed E-state index contributed by atoms with van der Waals surface area (Å²) in [5, 5.41) is 17.8. The highest BCUT2D eigenvalue weighted by molar-refractivity contribution is 7.16. The molecule has 0 amide bonds. The summed E-state index contributed by atoms with van der Waals surface area (Å²) in [6, 6.07) is 0.412. The quantitative estimate of drug-likeness (QED) is 0.920. The molecule has 3 heterocycles. The van der Waals surface area contributed by atoms with Crippen LogP contribution in [0.1, 0.15) is 36.1 Å². The third-order valence-electron chi connectivity index (χ3n) is 4.36. The Morgan fingerprint density at radius 3 is 3.26 bits per heavy atom. The van der Waals surface area contributed by atoms with Crippen molar-refractivity contribution in [2.45, 2.75) is 31.9 Å². The highest BCUT2D eigenvalue weighted by Crippen LogP contribution is 2.45. The lowest BCUT2D eigenvalue weighted by Gasteiger charge is -2.14. The van der Waals surface area contributed by atoms with Crippen molar-refractivity contribution in [1.82, 2.24) is 25.1 Å². The van der Waals surface area contributed by atoms with Gasteiger partial charge in [-0.05, 0) is 31.2 Å². The average Bonchev–Trinajstić information content (AvgIpc) is 3.08. The topological polar surface area (TPSA) is 64.3 Å². The molecule has 0 spiro atoms. The van der Waals surface area contributed by atoms with E-state index in [1.54, 1.807) is 18.4 Å². The number of fused-ring (bicyclic) bond motifs is 2. The van der Waals surface area contributed by atoms with Crippen molar-refractivity contribution in [2.75, 3.05) is 13.7 Å². The summed E-state index contributed by atoms with van der Waals surface area (Å²) in [6.07, 6.45) is 4.06. The Bertz CT molecular complexity index is 594. The third-order valence-corrected chi connectivity index (χ3v) is 5.34. The minimum Gasteiger partial charge on any atom is -0.377 e. The molecule has 2 aromatic rings. The summed E-state index contributed by atoms with van der Waals surface area (Å²) in [6.45, 7) is 1.59. The second-order valence-corrected chi connectivity index (χ2v) is 6.41. The molecular weight excluding hydrogens is 262 g/mol. The molecule has 1 aliphatic carbocycles. The molecular formula is C12H17N5OS. The maximum absolute atomic E-state index is 5.12. The van der Waals surface area contributed by atoms with E-state index in [1.165, 1.54) is 19.3 Å². The minimum atomic E-state index is 0.412. The van der Waals surface area contributed by atoms with E-state index in [9.17, 15) is 0 Å². The van der Waals surface area contributed by atoms with Gasteiger partial charge >= 0.3 is 0 Å². The van der Waals surface area contributed by atoms with Crippen LogP contribution in [-0.2, 0) is 11.3 Å². The number of aromatic nitrogens is 4. The SMILES string of the molecule is COCc1nnc2sc(C3NCC4CCCC43)nn12. The fraction of sp³-hybridized carbons (Fsp3) is 0.750. The average molecular weight is 279 g/mol. The number of rotatable bonds is 3. The lowest BCUT2D eigenvalue weighted by atomic mass is 9.94. The van der Waals surface area contributed by atoms with E-state index in [1.807, 2.05) is 4.52 Å². The highest BCUT2D eigenvalue weighted by atomic mass is 32.1. The van der Waals surface area contributed by atoms with E-state index in [0.717, 1.165) is 34.2 Å².